The molecule has 0 radical (unpaired) electrons. The van der Waals surface area contributed by atoms with E-state index in [1.807, 2.05) is 20.8 Å². The van der Waals surface area contributed by atoms with Gasteiger partial charge in [0.15, 0.2) is 12.0 Å². The third kappa shape index (κ3) is 2.20. The summed E-state index contributed by atoms with van der Waals surface area (Å²) in [7, 11) is 0. The van der Waals surface area contributed by atoms with E-state index < -0.39 is 53.0 Å². The monoisotopic (exact) mass is 363 g/mol. The van der Waals surface area contributed by atoms with Crippen molar-refractivity contribution < 1.29 is 28.6 Å². The van der Waals surface area contributed by atoms with Crippen molar-refractivity contribution in [1.29, 1.82) is 5.26 Å². The van der Waals surface area contributed by atoms with Crippen molar-refractivity contribution >= 4 is 17.9 Å². The van der Waals surface area contributed by atoms with Gasteiger partial charge in [-0.05, 0) is 32.6 Å². The summed E-state index contributed by atoms with van der Waals surface area (Å²) in [6.45, 7) is 8.66. The summed E-state index contributed by atoms with van der Waals surface area (Å²) in [4.78, 5) is 36.6. The zero-order valence-electron chi connectivity index (χ0n) is 15.8. The molecule has 7 nitrogen and oxygen atoms in total. The highest BCUT2D eigenvalue weighted by atomic mass is 16.6. The summed E-state index contributed by atoms with van der Waals surface area (Å²) in [5.74, 6) is -2.18. The predicted octanol–water partition coefficient (Wildman–Crippen LogP) is 1.99. The van der Waals surface area contributed by atoms with Crippen molar-refractivity contribution in [3.05, 3.63) is 0 Å². The van der Waals surface area contributed by atoms with Crippen LogP contribution in [0.1, 0.15) is 47.5 Å². The summed E-state index contributed by atoms with van der Waals surface area (Å²) < 4.78 is 16.1. The van der Waals surface area contributed by atoms with Crippen LogP contribution in [0.2, 0.25) is 0 Å². The number of fused-ring (bicyclic) bond motifs is 1. The van der Waals surface area contributed by atoms with E-state index in [4.69, 9.17) is 14.2 Å². The summed E-state index contributed by atoms with van der Waals surface area (Å²) in [6.07, 6.45) is -0.0378. The van der Waals surface area contributed by atoms with Crippen molar-refractivity contribution in [2.24, 2.45) is 28.1 Å². The van der Waals surface area contributed by atoms with E-state index >= 15 is 0 Å². The third-order valence-electron chi connectivity index (χ3n) is 7.04. The molecule has 0 aromatic heterocycles. The van der Waals surface area contributed by atoms with E-state index in [0.29, 0.717) is 12.8 Å². The lowest BCUT2D eigenvalue weighted by atomic mass is 9.63. The maximum absolute atomic E-state index is 12.3. The van der Waals surface area contributed by atoms with Gasteiger partial charge >= 0.3 is 17.9 Å². The van der Waals surface area contributed by atoms with Crippen molar-refractivity contribution in [2.75, 3.05) is 6.61 Å². The quantitative estimate of drug-likeness (QED) is 0.543. The number of hydrogen-bond acceptors (Lipinski definition) is 7. The van der Waals surface area contributed by atoms with Gasteiger partial charge in [-0.15, -0.1) is 0 Å². The maximum atomic E-state index is 12.3. The number of rotatable bonds is 5. The molecule has 0 aromatic rings. The van der Waals surface area contributed by atoms with Crippen molar-refractivity contribution in [1.82, 2.24) is 0 Å². The Morgan fingerprint density at radius 2 is 2.08 bits per heavy atom. The molecule has 0 N–H and O–H groups in total. The van der Waals surface area contributed by atoms with Crippen molar-refractivity contribution in [3.63, 3.8) is 0 Å². The second kappa shape index (κ2) is 5.70. The molecule has 6 unspecified atom stereocenters. The lowest BCUT2D eigenvalue weighted by Gasteiger charge is -2.39. The molecule has 3 fully saturated rings. The first-order valence-electron chi connectivity index (χ1n) is 9.03. The van der Waals surface area contributed by atoms with Gasteiger partial charge in [0, 0.05) is 11.3 Å². The highest BCUT2D eigenvalue weighted by Gasteiger charge is 2.80. The predicted molar refractivity (Wildman–Crippen MR) is 88.2 cm³/mol. The highest BCUT2D eigenvalue weighted by Crippen LogP contribution is 2.70. The zero-order chi connectivity index (χ0) is 19.5. The van der Waals surface area contributed by atoms with E-state index in [2.05, 4.69) is 6.07 Å². The second-order valence-electron chi connectivity index (χ2n) is 8.61. The largest absolute Gasteiger partial charge is 0.457 e. The minimum atomic E-state index is -1.14. The smallest absolute Gasteiger partial charge is 0.344 e. The van der Waals surface area contributed by atoms with Crippen LogP contribution in [0.15, 0.2) is 0 Å². The molecule has 2 aliphatic carbocycles. The third-order valence-corrected chi connectivity index (χ3v) is 7.04. The molecule has 2 bridgehead atoms. The van der Waals surface area contributed by atoms with Crippen LogP contribution in [0.5, 0.6) is 0 Å². The molecule has 0 spiro atoms. The standard InChI is InChI=1S/C19H25NO6/c1-6-17(3,4)15(22)24-8-12(21)25-14-13-11-7-18(14,5)10(2)19(11,9-20)16(23)26-13/h10-11,13-14H,6-8H2,1-5H3. The van der Waals surface area contributed by atoms with E-state index in [0.717, 1.165) is 0 Å². The molecular formula is C19H25NO6. The first-order chi connectivity index (χ1) is 12.0. The molecule has 2 saturated carbocycles. The molecule has 3 aliphatic rings. The number of carbonyl (C=O) groups excluding carboxylic acids is 3. The maximum Gasteiger partial charge on any atom is 0.344 e. The number of esters is 3. The number of hydrogen-bond donors (Lipinski definition) is 0. The zero-order valence-corrected chi connectivity index (χ0v) is 15.8. The fraction of sp³-hybridized carbons (Fsp3) is 0.789. The van der Waals surface area contributed by atoms with Gasteiger partial charge in [0.25, 0.3) is 0 Å². The molecule has 3 rings (SSSR count). The number of nitriles is 1. The summed E-state index contributed by atoms with van der Waals surface area (Å²) in [5, 5.41) is 9.62. The molecular weight excluding hydrogens is 338 g/mol. The molecule has 1 saturated heterocycles. The van der Waals surface area contributed by atoms with Crippen molar-refractivity contribution in [2.45, 2.75) is 59.7 Å². The van der Waals surface area contributed by atoms with E-state index in [1.165, 1.54) is 0 Å². The van der Waals surface area contributed by atoms with Gasteiger partial charge in [-0.1, -0.05) is 20.8 Å². The fourth-order valence-electron chi connectivity index (χ4n) is 4.74. The Morgan fingerprint density at radius 1 is 1.42 bits per heavy atom. The van der Waals surface area contributed by atoms with Gasteiger partial charge in [0.05, 0.1) is 11.5 Å². The van der Waals surface area contributed by atoms with Crippen LogP contribution >= 0.6 is 0 Å². The minimum Gasteiger partial charge on any atom is -0.457 e. The molecule has 1 heterocycles. The number of carbonyl (C=O) groups is 3. The van der Waals surface area contributed by atoms with Gasteiger partial charge in [-0.3, -0.25) is 9.59 Å². The van der Waals surface area contributed by atoms with Crippen LogP contribution in [0.25, 0.3) is 0 Å². The Balaban J connectivity index is 1.69. The van der Waals surface area contributed by atoms with Crippen LogP contribution in [0, 0.1) is 39.4 Å². The molecule has 26 heavy (non-hydrogen) atoms. The molecule has 1 aliphatic heterocycles. The van der Waals surface area contributed by atoms with E-state index in [9.17, 15) is 19.6 Å². The molecule has 7 heteroatoms. The Morgan fingerprint density at radius 3 is 2.65 bits per heavy atom. The SMILES string of the molecule is CCC(C)(C)C(=O)OCC(=O)OC1C2OC(=O)C3(C#N)C2CC1(C)C3C. The van der Waals surface area contributed by atoms with E-state index in [-0.39, 0.29) is 11.8 Å². The Hall–Kier alpha value is -2.10. The topological polar surface area (TPSA) is 103 Å². The van der Waals surface area contributed by atoms with Gasteiger partial charge in [-0.2, -0.15) is 5.26 Å². The van der Waals surface area contributed by atoms with Gasteiger partial charge in [-0.25, -0.2) is 4.79 Å². The van der Waals surface area contributed by atoms with E-state index in [1.54, 1.807) is 13.8 Å². The lowest BCUT2D eigenvalue weighted by Crippen LogP contribution is -2.50. The van der Waals surface area contributed by atoms with Crippen LogP contribution in [-0.4, -0.2) is 36.7 Å². The highest BCUT2D eigenvalue weighted by molar-refractivity contribution is 5.85. The average Bonchev–Trinajstić information content (AvgIpc) is 3.10. The Labute approximate surface area is 153 Å². The van der Waals surface area contributed by atoms with Crippen molar-refractivity contribution in [3.8, 4) is 6.07 Å². The summed E-state index contributed by atoms with van der Waals surface area (Å²) >= 11 is 0. The van der Waals surface area contributed by atoms with Gasteiger partial charge < -0.3 is 14.2 Å². The van der Waals surface area contributed by atoms with Crippen LogP contribution < -0.4 is 0 Å². The van der Waals surface area contributed by atoms with Crippen LogP contribution in [0.3, 0.4) is 0 Å². The first-order valence-corrected chi connectivity index (χ1v) is 9.03. The Kier molecular flexibility index (Phi) is 4.10. The summed E-state index contributed by atoms with van der Waals surface area (Å²) in [6, 6.07) is 2.18. The number of ether oxygens (including phenoxy) is 3. The van der Waals surface area contributed by atoms with Gasteiger partial charge in [0.2, 0.25) is 0 Å². The first kappa shape index (κ1) is 18.7. The Bertz CT molecular complexity index is 705. The molecule has 142 valence electrons. The van der Waals surface area contributed by atoms with Crippen LogP contribution in [0.4, 0.5) is 0 Å². The van der Waals surface area contributed by atoms with Gasteiger partial charge in [0.1, 0.15) is 12.2 Å². The fourth-order valence-corrected chi connectivity index (χ4v) is 4.74. The molecule has 0 aromatic carbocycles. The average molecular weight is 363 g/mol. The normalized spacial score (nSPS) is 40.1. The van der Waals surface area contributed by atoms with Crippen LogP contribution in [-0.2, 0) is 28.6 Å². The number of nitrogens with zero attached hydrogens (tertiary/aromatic N) is 1. The summed E-state index contributed by atoms with van der Waals surface area (Å²) in [5.41, 5.74) is -2.32. The second-order valence-corrected chi connectivity index (χ2v) is 8.61. The lowest BCUT2D eigenvalue weighted by molar-refractivity contribution is -0.177. The minimum absolute atomic E-state index is 0.264. The molecule has 6 atom stereocenters. The molecule has 0 amide bonds.